The molecule has 1 aromatic rings. The van der Waals surface area contributed by atoms with E-state index in [0.717, 1.165) is 10.9 Å². The van der Waals surface area contributed by atoms with Gasteiger partial charge in [-0.3, -0.25) is 9.48 Å². The summed E-state index contributed by atoms with van der Waals surface area (Å²) < 4.78 is 1.13. The molecule has 1 aromatic heterocycles. The SMILES string of the molecule is Cn1ncc(C(=O)O)c1C(N)=O.[NaH]. The zero-order valence-corrected chi connectivity index (χ0v) is 6.31. The normalized spacial score (nSPS) is 9.00. The molecule has 1 amide bonds. The second kappa shape index (κ2) is 4.40. The molecule has 0 saturated carbocycles. The second-order valence-corrected chi connectivity index (χ2v) is 2.20. The molecule has 0 radical (unpaired) electrons. The van der Waals surface area contributed by atoms with E-state index in [1.807, 2.05) is 0 Å². The van der Waals surface area contributed by atoms with Gasteiger partial charge in [-0.2, -0.15) is 5.10 Å². The molecule has 0 aliphatic carbocycles. The Morgan fingerprint density at radius 1 is 1.62 bits per heavy atom. The molecule has 6 nitrogen and oxygen atoms in total. The quantitative estimate of drug-likeness (QED) is 0.562. The first-order valence-electron chi connectivity index (χ1n) is 3.09. The van der Waals surface area contributed by atoms with E-state index in [-0.39, 0.29) is 40.8 Å². The number of nitrogens with two attached hydrogens (primary N) is 1. The van der Waals surface area contributed by atoms with Crippen LogP contribution in [0.2, 0.25) is 0 Å². The molecular formula is C6H8N3NaO3. The molecule has 0 bridgehead atoms. The summed E-state index contributed by atoms with van der Waals surface area (Å²) in [5.41, 5.74) is 4.66. The van der Waals surface area contributed by atoms with Crippen LogP contribution in [0.3, 0.4) is 0 Å². The average Bonchev–Trinajstić information content (AvgIpc) is 2.30. The number of rotatable bonds is 2. The van der Waals surface area contributed by atoms with E-state index < -0.39 is 11.9 Å². The van der Waals surface area contributed by atoms with Gasteiger partial charge in [0.1, 0.15) is 11.3 Å². The van der Waals surface area contributed by atoms with Crippen LogP contribution in [-0.4, -0.2) is 56.3 Å². The molecular weight excluding hydrogens is 185 g/mol. The molecule has 0 aliphatic heterocycles. The second-order valence-electron chi connectivity index (χ2n) is 2.20. The van der Waals surface area contributed by atoms with Gasteiger partial charge in [0, 0.05) is 7.05 Å². The molecule has 13 heavy (non-hydrogen) atoms. The molecule has 0 atom stereocenters. The predicted octanol–water partition coefficient (Wildman–Crippen LogP) is -1.43. The number of primary amides is 1. The molecule has 7 heteroatoms. The number of hydrogen-bond donors (Lipinski definition) is 2. The van der Waals surface area contributed by atoms with E-state index in [4.69, 9.17) is 10.8 Å². The summed E-state index contributed by atoms with van der Waals surface area (Å²) in [4.78, 5) is 21.2. The Balaban J connectivity index is 0.00000144. The van der Waals surface area contributed by atoms with Gasteiger partial charge in [0.2, 0.25) is 0 Å². The minimum absolute atomic E-state index is 0. The third-order valence-corrected chi connectivity index (χ3v) is 1.40. The van der Waals surface area contributed by atoms with Crippen LogP contribution in [0.25, 0.3) is 0 Å². The maximum atomic E-state index is 10.7. The van der Waals surface area contributed by atoms with Crippen molar-refractivity contribution in [1.29, 1.82) is 0 Å². The number of hydrogen-bond acceptors (Lipinski definition) is 3. The van der Waals surface area contributed by atoms with Crippen molar-refractivity contribution in [1.82, 2.24) is 9.78 Å². The van der Waals surface area contributed by atoms with Crippen molar-refractivity contribution < 1.29 is 14.7 Å². The van der Waals surface area contributed by atoms with Gasteiger partial charge in [-0.15, -0.1) is 0 Å². The average molecular weight is 193 g/mol. The number of carbonyl (C=O) groups excluding carboxylic acids is 1. The van der Waals surface area contributed by atoms with Crippen LogP contribution in [0, 0.1) is 0 Å². The van der Waals surface area contributed by atoms with E-state index >= 15 is 0 Å². The summed E-state index contributed by atoms with van der Waals surface area (Å²) in [5, 5.41) is 12.2. The summed E-state index contributed by atoms with van der Waals surface area (Å²) in [6.45, 7) is 0. The van der Waals surface area contributed by atoms with Crippen molar-refractivity contribution in [2.45, 2.75) is 0 Å². The van der Waals surface area contributed by atoms with Gasteiger partial charge in [-0.25, -0.2) is 4.79 Å². The Hall–Kier alpha value is -0.850. The fourth-order valence-electron chi connectivity index (χ4n) is 0.886. The number of aryl methyl sites for hydroxylation is 1. The molecule has 0 aliphatic rings. The van der Waals surface area contributed by atoms with E-state index in [2.05, 4.69) is 5.10 Å². The summed E-state index contributed by atoms with van der Waals surface area (Å²) in [6, 6.07) is 0. The van der Waals surface area contributed by atoms with E-state index in [1.54, 1.807) is 0 Å². The minimum atomic E-state index is -1.21. The van der Waals surface area contributed by atoms with Gasteiger partial charge in [0.15, 0.2) is 0 Å². The van der Waals surface area contributed by atoms with Gasteiger partial charge in [0.25, 0.3) is 5.91 Å². The summed E-state index contributed by atoms with van der Waals surface area (Å²) in [6.07, 6.45) is 1.09. The Bertz CT molecular complexity index is 347. The van der Waals surface area contributed by atoms with Crippen LogP contribution in [0.4, 0.5) is 0 Å². The first-order valence-corrected chi connectivity index (χ1v) is 3.09. The number of aromatic carboxylic acids is 1. The van der Waals surface area contributed by atoms with Gasteiger partial charge in [0.05, 0.1) is 6.20 Å². The van der Waals surface area contributed by atoms with Gasteiger partial charge < -0.3 is 10.8 Å². The zero-order valence-electron chi connectivity index (χ0n) is 6.31. The number of amides is 1. The van der Waals surface area contributed by atoms with Crippen molar-refractivity contribution in [3.05, 3.63) is 17.5 Å². The Morgan fingerprint density at radius 3 is 2.46 bits per heavy atom. The summed E-state index contributed by atoms with van der Waals surface area (Å²) in [7, 11) is 1.45. The standard InChI is InChI=1S/C6H7N3O3.Na.H/c1-9-4(5(7)10)3(2-8-9)6(11)12;;/h2H,1H3,(H2,7,10)(H,11,12);;. The number of nitrogens with zero attached hydrogens (tertiary/aromatic N) is 2. The fourth-order valence-corrected chi connectivity index (χ4v) is 0.886. The first kappa shape index (κ1) is 12.2. The molecule has 0 unspecified atom stereocenters. The Kier molecular flexibility index (Phi) is 4.12. The molecule has 66 valence electrons. The van der Waals surface area contributed by atoms with Gasteiger partial charge >= 0.3 is 35.5 Å². The third kappa shape index (κ3) is 2.30. The van der Waals surface area contributed by atoms with Crippen LogP contribution in [0.1, 0.15) is 20.8 Å². The van der Waals surface area contributed by atoms with Crippen molar-refractivity contribution in [2.75, 3.05) is 0 Å². The Labute approximate surface area is 96.0 Å². The topological polar surface area (TPSA) is 98.2 Å². The van der Waals surface area contributed by atoms with Crippen LogP contribution >= 0.6 is 0 Å². The van der Waals surface area contributed by atoms with Crippen molar-refractivity contribution in [2.24, 2.45) is 12.8 Å². The van der Waals surface area contributed by atoms with E-state index in [9.17, 15) is 9.59 Å². The predicted molar refractivity (Wildman–Crippen MR) is 45.8 cm³/mol. The van der Waals surface area contributed by atoms with Crippen LogP contribution in [0.15, 0.2) is 6.20 Å². The van der Waals surface area contributed by atoms with Crippen LogP contribution in [-0.2, 0) is 7.05 Å². The van der Waals surface area contributed by atoms with Gasteiger partial charge in [-0.05, 0) is 0 Å². The molecule has 3 N–H and O–H groups in total. The number of carbonyl (C=O) groups is 2. The fraction of sp³-hybridized carbons (Fsp3) is 0.167. The zero-order chi connectivity index (χ0) is 9.30. The molecule has 0 aromatic carbocycles. The van der Waals surface area contributed by atoms with E-state index in [0.29, 0.717) is 0 Å². The van der Waals surface area contributed by atoms with Crippen molar-refractivity contribution >= 4 is 41.4 Å². The molecule has 0 saturated heterocycles. The summed E-state index contributed by atoms with van der Waals surface area (Å²) >= 11 is 0. The Morgan fingerprint density at radius 2 is 2.15 bits per heavy atom. The number of aromatic nitrogens is 2. The molecule has 0 spiro atoms. The first-order chi connectivity index (χ1) is 5.54. The van der Waals surface area contributed by atoms with Crippen molar-refractivity contribution in [3.63, 3.8) is 0 Å². The molecule has 1 heterocycles. The molecule has 0 fully saturated rings. The van der Waals surface area contributed by atoms with Crippen molar-refractivity contribution in [3.8, 4) is 0 Å². The van der Waals surface area contributed by atoms with Crippen LogP contribution < -0.4 is 5.73 Å². The summed E-state index contributed by atoms with van der Waals surface area (Å²) in [5.74, 6) is -2.01. The van der Waals surface area contributed by atoms with E-state index in [1.165, 1.54) is 7.05 Å². The number of carboxylic acid groups (broad SMARTS) is 1. The number of carboxylic acids is 1. The molecule has 1 rings (SSSR count). The monoisotopic (exact) mass is 193 g/mol. The maximum absolute atomic E-state index is 10.7. The third-order valence-electron chi connectivity index (χ3n) is 1.40. The van der Waals surface area contributed by atoms with Crippen LogP contribution in [0.5, 0.6) is 0 Å². The van der Waals surface area contributed by atoms with Gasteiger partial charge in [-0.1, -0.05) is 0 Å².